The number of urea groups is 1. The van der Waals surface area contributed by atoms with E-state index in [-0.39, 0.29) is 24.5 Å². The van der Waals surface area contributed by atoms with Gasteiger partial charge in [-0.2, -0.15) is 18.3 Å². The number of imidazole rings is 1. The van der Waals surface area contributed by atoms with E-state index < -0.39 is 54.3 Å². The molecule has 2 aromatic heterocycles. The summed E-state index contributed by atoms with van der Waals surface area (Å²) < 4.78 is 80.6. The Morgan fingerprint density at radius 2 is 1.93 bits per heavy atom. The first-order valence-electron chi connectivity index (χ1n) is 14.5. The van der Waals surface area contributed by atoms with Crippen molar-refractivity contribution in [3.63, 3.8) is 0 Å². The highest BCUT2D eigenvalue weighted by atomic mass is 19.4. The highest BCUT2D eigenvalue weighted by Gasteiger charge is 2.69. The molecular weight excluding hydrogens is 579 g/mol. The second kappa shape index (κ2) is 10.4. The molecule has 5 aliphatic rings. The van der Waals surface area contributed by atoms with Crippen molar-refractivity contribution in [1.29, 1.82) is 0 Å². The zero-order valence-electron chi connectivity index (χ0n) is 23.9. The van der Waals surface area contributed by atoms with Gasteiger partial charge in [-0.15, -0.1) is 0 Å². The smallest absolute Gasteiger partial charge is 0.410 e. The van der Waals surface area contributed by atoms with Crippen LogP contribution in [-0.2, 0) is 9.47 Å². The molecule has 7 rings (SSSR count). The van der Waals surface area contributed by atoms with Gasteiger partial charge in [-0.05, 0) is 63.9 Å². The van der Waals surface area contributed by atoms with Gasteiger partial charge in [0.25, 0.3) is 0 Å². The van der Waals surface area contributed by atoms with Gasteiger partial charge in [-0.25, -0.2) is 27.9 Å². The van der Waals surface area contributed by atoms with Crippen LogP contribution in [0.1, 0.15) is 75.2 Å². The predicted molar refractivity (Wildman–Crippen MR) is 142 cm³/mol. The molecule has 3 heterocycles. The standard InChI is InChI=1S/C28H35F5N6O4/c1-25(29)5-3-16(4-6-25)22(37-24(41)43-15-26-12-27(30,13-26)14-26)18-9-39-21(35-18)7-17(8-34-39)19(11-42-2)38-10-20(28(31,32)33)36-23(38)40/h7-9,16,19-20,22H,3-6,10-15H2,1-2H3,(H,36,40)(H,37,41)/t16?,19-,20+,22+,25?,26?,27?/m1/s1. The third-order valence-corrected chi connectivity index (χ3v) is 9.50. The number of nitrogens with zero attached hydrogens (tertiary/aromatic N) is 4. The van der Waals surface area contributed by atoms with E-state index in [1.54, 1.807) is 19.2 Å². The quantitative estimate of drug-likeness (QED) is 0.387. The number of fused-ring (bicyclic) bond motifs is 1. The van der Waals surface area contributed by atoms with E-state index in [0.29, 0.717) is 61.9 Å². The predicted octanol–water partition coefficient (Wildman–Crippen LogP) is 4.95. The van der Waals surface area contributed by atoms with Crippen molar-refractivity contribution in [3.8, 4) is 0 Å². The Labute approximate surface area is 244 Å². The maximum absolute atomic E-state index is 14.6. The van der Waals surface area contributed by atoms with Crippen LogP contribution in [0.3, 0.4) is 0 Å². The lowest BCUT2D eigenvalue weighted by atomic mass is 9.43. The third kappa shape index (κ3) is 5.84. The number of amides is 3. The van der Waals surface area contributed by atoms with Gasteiger partial charge in [0, 0.05) is 18.1 Å². The van der Waals surface area contributed by atoms with Crippen LogP contribution in [0.15, 0.2) is 18.5 Å². The molecule has 3 atom stereocenters. The molecule has 5 fully saturated rings. The molecule has 236 valence electrons. The molecule has 4 saturated carbocycles. The largest absolute Gasteiger partial charge is 0.449 e. The second-order valence-electron chi connectivity index (χ2n) is 13.1. The number of alkyl halides is 5. The molecule has 2 N–H and O–H groups in total. The van der Waals surface area contributed by atoms with Gasteiger partial charge in [0.15, 0.2) is 5.65 Å². The van der Waals surface area contributed by atoms with Crippen molar-refractivity contribution in [2.45, 2.75) is 87.5 Å². The molecule has 0 spiro atoms. The summed E-state index contributed by atoms with van der Waals surface area (Å²) in [6, 6.07) is -2.75. The summed E-state index contributed by atoms with van der Waals surface area (Å²) >= 11 is 0. The first-order valence-corrected chi connectivity index (χ1v) is 14.5. The Morgan fingerprint density at radius 1 is 1.23 bits per heavy atom. The number of rotatable bonds is 9. The number of halogens is 5. The second-order valence-corrected chi connectivity index (χ2v) is 13.1. The molecule has 3 amide bonds. The van der Waals surface area contributed by atoms with Crippen LogP contribution in [0.25, 0.3) is 5.65 Å². The van der Waals surface area contributed by atoms with E-state index in [1.807, 2.05) is 5.32 Å². The Morgan fingerprint density at radius 3 is 2.53 bits per heavy atom. The first-order chi connectivity index (χ1) is 20.2. The summed E-state index contributed by atoms with van der Waals surface area (Å²) in [6.07, 6.45) is 0.629. The number of ether oxygens (including phenoxy) is 2. The number of hydrogen-bond acceptors (Lipinski definition) is 6. The molecule has 1 saturated heterocycles. The molecule has 1 aliphatic heterocycles. The maximum Gasteiger partial charge on any atom is 0.410 e. The van der Waals surface area contributed by atoms with E-state index in [0.717, 1.165) is 4.90 Å². The summed E-state index contributed by atoms with van der Waals surface area (Å²) in [5.74, 6) is -0.140. The number of methoxy groups -OCH3 is 1. The number of aromatic nitrogens is 3. The van der Waals surface area contributed by atoms with Crippen molar-refractivity contribution in [2.75, 3.05) is 26.9 Å². The van der Waals surface area contributed by atoms with Gasteiger partial charge >= 0.3 is 18.3 Å². The van der Waals surface area contributed by atoms with E-state index in [4.69, 9.17) is 9.47 Å². The average molecular weight is 615 g/mol. The minimum atomic E-state index is -4.60. The van der Waals surface area contributed by atoms with E-state index >= 15 is 0 Å². The zero-order valence-corrected chi connectivity index (χ0v) is 23.9. The van der Waals surface area contributed by atoms with Crippen LogP contribution >= 0.6 is 0 Å². The minimum Gasteiger partial charge on any atom is -0.449 e. The fourth-order valence-corrected chi connectivity index (χ4v) is 7.19. The van der Waals surface area contributed by atoms with Gasteiger partial charge in [0.05, 0.1) is 49.9 Å². The number of hydrogen-bond donors (Lipinski definition) is 2. The lowest BCUT2D eigenvalue weighted by Crippen LogP contribution is -2.66. The Balaban J connectivity index is 1.22. The summed E-state index contributed by atoms with van der Waals surface area (Å²) in [6.45, 7) is 1.03. The van der Waals surface area contributed by atoms with Gasteiger partial charge in [0.1, 0.15) is 17.4 Å². The molecule has 0 aromatic carbocycles. The monoisotopic (exact) mass is 614 g/mol. The Hall–Kier alpha value is -3.23. The van der Waals surface area contributed by atoms with Crippen molar-refractivity contribution < 1.29 is 41.0 Å². The first kappa shape index (κ1) is 29.8. The molecule has 4 aliphatic carbocycles. The van der Waals surface area contributed by atoms with E-state index in [1.165, 1.54) is 17.8 Å². The zero-order chi connectivity index (χ0) is 30.8. The van der Waals surface area contributed by atoms with Gasteiger partial charge in [-0.1, -0.05) is 0 Å². The van der Waals surface area contributed by atoms with E-state index in [9.17, 15) is 31.5 Å². The van der Waals surface area contributed by atoms with Crippen molar-refractivity contribution in [1.82, 2.24) is 30.1 Å². The van der Waals surface area contributed by atoms with Crippen molar-refractivity contribution >= 4 is 17.8 Å². The maximum atomic E-state index is 14.6. The summed E-state index contributed by atoms with van der Waals surface area (Å²) in [4.78, 5) is 31.1. The molecular formula is C28H35F5N6O4. The molecule has 43 heavy (non-hydrogen) atoms. The van der Waals surface area contributed by atoms with Gasteiger partial charge in [-0.3, -0.25) is 0 Å². The topological polar surface area (TPSA) is 110 Å². The van der Waals surface area contributed by atoms with Crippen LogP contribution < -0.4 is 10.6 Å². The van der Waals surface area contributed by atoms with Crippen LogP contribution in [0.5, 0.6) is 0 Å². The van der Waals surface area contributed by atoms with Crippen LogP contribution in [0, 0.1) is 11.3 Å². The van der Waals surface area contributed by atoms with Gasteiger partial charge in [0.2, 0.25) is 0 Å². The third-order valence-electron chi connectivity index (χ3n) is 9.50. The minimum absolute atomic E-state index is 0.0749. The molecule has 10 nitrogen and oxygen atoms in total. The SMILES string of the molecule is COC[C@H](c1cnn2cc([C@@H](NC(=O)OCC34CC(F)(C3)C4)C3CCC(C)(F)CC3)nc2c1)N1C[C@@H](C(F)(F)F)NC1=O. The number of nitrogens with one attached hydrogen (secondary N) is 2. The molecule has 2 aromatic rings. The number of carbonyl (C=O) groups excluding carboxylic acids is 2. The fourth-order valence-electron chi connectivity index (χ4n) is 7.19. The fraction of sp³-hybridized carbons (Fsp3) is 0.714. The highest BCUT2D eigenvalue weighted by molar-refractivity contribution is 5.77. The number of alkyl carbamates (subject to hydrolysis) is 1. The summed E-state index contributed by atoms with van der Waals surface area (Å²) in [7, 11) is 1.38. The molecule has 0 unspecified atom stereocenters. The van der Waals surface area contributed by atoms with Crippen molar-refractivity contribution in [2.24, 2.45) is 11.3 Å². The Bertz CT molecular complexity index is 1370. The van der Waals surface area contributed by atoms with Crippen LogP contribution in [0.4, 0.5) is 31.5 Å². The lowest BCUT2D eigenvalue weighted by Gasteiger charge is -2.65. The summed E-state index contributed by atoms with van der Waals surface area (Å²) in [5, 5.41) is 9.24. The normalized spacial score (nSPS) is 33.4. The van der Waals surface area contributed by atoms with Gasteiger partial charge < -0.3 is 25.0 Å². The lowest BCUT2D eigenvalue weighted by molar-refractivity contribution is -0.229. The van der Waals surface area contributed by atoms with E-state index in [2.05, 4.69) is 15.4 Å². The molecule has 15 heteroatoms. The highest BCUT2D eigenvalue weighted by Crippen LogP contribution is 2.69. The van der Waals surface area contributed by atoms with Crippen LogP contribution in [0.2, 0.25) is 0 Å². The summed E-state index contributed by atoms with van der Waals surface area (Å²) in [5.41, 5.74) is -1.46. The Kier molecular flexibility index (Phi) is 7.24. The van der Waals surface area contributed by atoms with Crippen molar-refractivity contribution in [3.05, 3.63) is 29.7 Å². The van der Waals surface area contributed by atoms with Crippen LogP contribution in [-0.4, -0.2) is 82.0 Å². The molecule has 2 bridgehead atoms. The number of carbonyl (C=O) groups is 2. The average Bonchev–Trinajstić information content (AvgIpc) is 3.50. The molecule has 0 radical (unpaired) electrons.